The highest BCUT2D eigenvalue weighted by molar-refractivity contribution is 5.89. The zero-order chi connectivity index (χ0) is 17.5. The van der Waals surface area contributed by atoms with Crippen LogP contribution in [-0.4, -0.2) is 24.2 Å². The van der Waals surface area contributed by atoms with Crippen molar-refractivity contribution in [3.05, 3.63) is 53.7 Å². The van der Waals surface area contributed by atoms with E-state index >= 15 is 0 Å². The number of esters is 1. The number of aromatic nitrogens is 1. The summed E-state index contributed by atoms with van der Waals surface area (Å²) >= 11 is 0. The molecule has 7 heteroatoms. The third-order valence-corrected chi connectivity index (χ3v) is 3.24. The first kappa shape index (κ1) is 17.7. The zero-order valence-corrected chi connectivity index (χ0v) is 13.3. The number of hydrogen-bond acceptors (Lipinski definition) is 5. The van der Waals surface area contributed by atoms with Crippen LogP contribution in [0.15, 0.2) is 42.6 Å². The van der Waals surface area contributed by atoms with E-state index in [9.17, 15) is 13.6 Å². The van der Waals surface area contributed by atoms with Crippen LogP contribution in [0.25, 0.3) is 0 Å². The molecule has 0 bridgehead atoms. The minimum absolute atomic E-state index is 0.105. The highest BCUT2D eigenvalue weighted by Gasteiger charge is 2.10. The van der Waals surface area contributed by atoms with Crippen LogP contribution in [0.3, 0.4) is 0 Å². The predicted octanol–water partition coefficient (Wildman–Crippen LogP) is 4.03. The Morgan fingerprint density at radius 1 is 1.21 bits per heavy atom. The summed E-state index contributed by atoms with van der Waals surface area (Å²) in [6, 6.07) is 9.56. The Morgan fingerprint density at radius 2 is 1.92 bits per heavy atom. The largest absolute Gasteiger partial charge is 0.462 e. The van der Waals surface area contributed by atoms with E-state index in [1.54, 1.807) is 31.2 Å². The van der Waals surface area contributed by atoms with Gasteiger partial charge in [0.05, 0.1) is 12.2 Å². The van der Waals surface area contributed by atoms with Gasteiger partial charge in [0, 0.05) is 12.2 Å². The lowest BCUT2D eigenvalue weighted by atomic mass is 10.1. The SMILES string of the molecule is CCOC(=O)c1ccc(NC(C)c2ccc(OC(F)F)cc2)nc1. The van der Waals surface area contributed by atoms with Crippen molar-refractivity contribution < 1.29 is 23.0 Å². The smallest absolute Gasteiger partial charge is 0.387 e. The van der Waals surface area contributed by atoms with Crippen molar-refractivity contribution in [2.45, 2.75) is 26.5 Å². The number of carbonyl (C=O) groups is 1. The normalized spacial score (nSPS) is 11.9. The van der Waals surface area contributed by atoms with Gasteiger partial charge in [-0.25, -0.2) is 9.78 Å². The first-order valence-electron chi connectivity index (χ1n) is 7.44. The molecule has 5 nitrogen and oxygen atoms in total. The number of alkyl halides is 2. The Labute approximate surface area is 138 Å². The van der Waals surface area contributed by atoms with Gasteiger partial charge in [0.1, 0.15) is 11.6 Å². The molecule has 1 N–H and O–H groups in total. The van der Waals surface area contributed by atoms with E-state index in [1.165, 1.54) is 18.3 Å². The molecule has 1 aromatic heterocycles. The Bertz CT molecular complexity index is 661. The molecular formula is C17H18F2N2O3. The van der Waals surface area contributed by atoms with Crippen LogP contribution in [0.4, 0.5) is 14.6 Å². The molecule has 1 aromatic carbocycles. The molecule has 0 saturated carbocycles. The predicted molar refractivity (Wildman–Crippen MR) is 85.3 cm³/mol. The average Bonchev–Trinajstić information content (AvgIpc) is 2.56. The van der Waals surface area contributed by atoms with E-state index in [-0.39, 0.29) is 11.8 Å². The van der Waals surface area contributed by atoms with Crippen molar-refractivity contribution in [2.24, 2.45) is 0 Å². The third kappa shape index (κ3) is 4.91. The van der Waals surface area contributed by atoms with E-state index in [1.807, 2.05) is 6.92 Å². The van der Waals surface area contributed by atoms with E-state index in [4.69, 9.17) is 4.74 Å². The maximum absolute atomic E-state index is 12.1. The van der Waals surface area contributed by atoms with Gasteiger partial charge < -0.3 is 14.8 Å². The fourth-order valence-corrected chi connectivity index (χ4v) is 2.06. The van der Waals surface area contributed by atoms with Crippen molar-refractivity contribution in [2.75, 3.05) is 11.9 Å². The van der Waals surface area contributed by atoms with Crippen LogP contribution in [0.5, 0.6) is 5.75 Å². The number of pyridine rings is 1. The fourth-order valence-electron chi connectivity index (χ4n) is 2.06. The minimum Gasteiger partial charge on any atom is -0.462 e. The van der Waals surface area contributed by atoms with Gasteiger partial charge >= 0.3 is 12.6 Å². The second-order valence-electron chi connectivity index (χ2n) is 4.97. The molecule has 0 fully saturated rings. The fraction of sp³-hybridized carbons (Fsp3) is 0.294. The molecule has 1 heterocycles. The molecule has 1 unspecified atom stereocenters. The number of nitrogens with zero attached hydrogens (tertiary/aromatic N) is 1. The maximum Gasteiger partial charge on any atom is 0.387 e. The van der Waals surface area contributed by atoms with Crippen molar-refractivity contribution in [1.29, 1.82) is 0 Å². The van der Waals surface area contributed by atoms with Crippen LogP contribution in [-0.2, 0) is 4.74 Å². The van der Waals surface area contributed by atoms with Crippen LogP contribution in [0.2, 0.25) is 0 Å². The van der Waals surface area contributed by atoms with Gasteiger partial charge in [-0.3, -0.25) is 0 Å². The van der Waals surface area contributed by atoms with Gasteiger partial charge in [-0.1, -0.05) is 12.1 Å². The van der Waals surface area contributed by atoms with Crippen LogP contribution < -0.4 is 10.1 Å². The summed E-state index contributed by atoms with van der Waals surface area (Å²) in [5.74, 6) is 0.278. The number of halogens is 2. The topological polar surface area (TPSA) is 60.5 Å². The molecule has 0 amide bonds. The van der Waals surface area contributed by atoms with Crippen LogP contribution >= 0.6 is 0 Å². The molecule has 0 radical (unpaired) electrons. The molecule has 128 valence electrons. The van der Waals surface area contributed by atoms with Gasteiger partial charge in [0.25, 0.3) is 0 Å². The Balaban J connectivity index is 1.98. The number of hydrogen-bond donors (Lipinski definition) is 1. The molecule has 0 spiro atoms. The monoisotopic (exact) mass is 336 g/mol. The van der Waals surface area contributed by atoms with Crippen LogP contribution in [0, 0.1) is 0 Å². The lowest BCUT2D eigenvalue weighted by Gasteiger charge is -2.15. The Morgan fingerprint density at radius 3 is 2.46 bits per heavy atom. The van der Waals surface area contributed by atoms with E-state index in [2.05, 4.69) is 15.0 Å². The molecule has 0 aliphatic rings. The van der Waals surface area contributed by atoms with Crippen LogP contribution in [0.1, 0.15) is 35.8 Å². The van der Waals surface area contributed by atoms with Gasteiger partial charge in [0.2, 0.25) is 0 Å². The Hall–Kier alpha value is -2.70. The van der Waals surface area contributed by atoms with Gasteiger partial charge in [-0.15, -0.1) is 0 Å². The van der Waals surface area contributed by atoms with E-state index in [0.29, 0.717) is 18.0 Å². The number of carbonyl (C=O) groups excluding carboxylic acids is 1. The number of ether oxygens (including phenoxy) is 2. The molecule has 0 aliphatic carbocycles. The molecule has 24 heavy (non-hydrogen) atoms. The second kappa shape index (κ2) is 8.24. The Kier molecular flexibility index (Phi) is 6.06. The first-order chi connectivity index (χ1) is 11.5. The summed E-state index contributed by atoms with van der Waals surface area (Å²) in [6.45, 7) is 1.11. The molecule has 0 saturated heterocycles. The summed E-state index contributed by atoms with van der Waals surface area (Å²) < 4.78 is 33.5. The summed E-state index contributed by atoms with van der Waals surface area (Å²) in [7, 11) is 0. The summed E-state index contributed by atoms with van der Waals surface area (Å²) in [6.07, 6.45) is 1.44. The zero-order valence-electron chi connectivity index (χ0n) is 13.3. The highest BCUT2D eigenvalue weighted by atomic mass is 19.3. The third-order valence-electron chi connectivity index (χ3n) is 3.24. The lowest BCUT2D eigenvalue weighted by Crippen LogP contribution is -2.09. The number of rotatable bonds is 7. The summed E-state index contributed by atoms with van der Waals surface area (Å²) in [5, 5.41) is 3.16. The molecular weight excluding hydrogens is 318 g/mol. The van der Waals surface area contributed by atoms with Crippen molar-refractivity contribution in [1.82, 2.24) is 4.98 Å². The molecule has 2 aromatic rings. The molecule has 1 atom stereocenters. The van der Waals surface area contributed by atoms with Gasteiger partial charge in [0.15, 0.2) is 0 Å². The minimum atomic E-state index is -2.84. The van der Waals surface area contributed by atoms with Crippen molar-refractivity contribution in [3.63, 3.8) is 0 Å². The van der Waals surface area contributed by atoms with Crippen molar-refractivity contribution in [3.8, 4) is 5.75 Å². The first-order valence-corrected chi connectivity index (χ1v) is 7.44. The van der Waals surface area contributed by atoms with Gasteiger partial charge in [-0.05, 0) is 43.7 Å². The number of nitrogens with one attached hydrogen (secondary N) is 1. The van der Waals surface area contributed by atoms with E-state index in [0.717, 1.165) is 5.56 Å². The second-order valence-corrected chi connectivity index (χ2v) is 4.97. The van der Waals surface area contributed by atoms with Crippen molar-refractivity contribution >= 4 is 11.8 Å². The summed E-state index contributed by atoms with van der Waals surface area (Å²) in [5.41, 5.74) is 1.26. The molecule has 2 rings (SSSR count). The molecule has 0 aliphatic heterocycles. The number of benzene rings is 1. The lowest BCUT2D eigenvalue weighted by molar-refractivity contribution is -0.0498. The summed E-state index contributed by atoms with van der Waals surface area (Å²) in [4.78, 5) is 15.7. The highest BCUT2D eigenvalue weighted by Crippen LogP contribution is 2.22. The standard InChI is InChI=1S/C17H18F2N2O3/c1-3-23-16(22)13-6-9-15(20-10-13)21-11(2)12-4-7-14(8-5-12)24-17(18)19/h4-11,17H,3H2,1-2H3,(H,20,21). The van der Waals surface area contributed by atoms with E-state index < -0.39 is 12.6 Å². The maximum atomic E-state index is 12.1. The quantitative estimate of drug-likeness (QED) is 0.774. The number of anilines is 1. The van der Waals surface area contributed by atoms with Gasteiger partial charge in [-0.2, -0.15) is 8.78 Å². The average molecular weight is 336 g/mol.